The summed E-state index contributed by atoms with van der Waals surface area (Å²) in [6, 6.07) is 8.81. The maximum atomic E-state index is 11.8. The van der Waals surface area contributed by atoms with Gasteiger partial charge < -0.3 is 19.3 Å². The zero-order valence-corrected chi connectivity index (χ0v) is 14.4. The quantitative estimate of drug-likeness (QED) is 0.350. The van der Waals surface area contributed by atoms with E-state index >= 15 is 0 Å². The number of nitro groups is 1. The van der Waals surface area contributed by atoms with Crippen LogP contribution in [0.4, 0.5) is 5.69 Å². The van der Waals surface area contributed by atoms with Gasteiger partial charge in [-0.2, -0.15) is 0 Å². The first-order chi connectivity index (χ1) is 12.4. The number of aliphatic carboxylic acids is 1. The van der Waals surface area contributed by atoms with Crippen LogP contribution in [0, 0.1) is 10.1 Å². The number of methoxy groups -OCH3 is 3. The molecule has 0 atom stereocenters. The first-order valence-corrected chi connectivity index (χ1v) is 7.41. The van der Waals surface area contributed by atoms with Gasteiger partial charge in [0, 0.05) is 6.07 Å². The summed E-state index contributed by atoms with van der Waals surface area (Å²) < 4.78 is 15.7. The highest BCUT2D eigenvalue weighted by molar-refractivity contribution is 6.21. The Kier molecular flexibility index (Phi) is 5.79. The number of carbonyl (C=O) groups is 1. The molecular formula is C18H17NO7. The molecule has 26 heavy (non-hydrogen) atoms. The van der Waals surface area contributed by atoms with Crippen molar-refractivity contribution in [3.8, 4) is 17.2 Å². The highest BCUT2D eigenvalue weighted by Crippen LogP contribution is 2.40. The maximum absolute atomic E-state index is 11.8. The second-order valence-electron chi connectivity index (χ2n) is 5.09. The van der Waals surface area contributed by atoms with E-state index in [0.717, 1.165) is 0 Å². The molecule has 0 aliphatic heterocycles. The summed E-state index contributed by atoms with van der Waals surface area (Å²) in [4.78, 5) is 22.4. The van der Waals surface area contributed by atoms with Gasteiger partial charge in [-0.3, -0.25) is 10.1 Å². The predicted octanol–water partition coefficient (Wildman–Crippen LogP) is 3.25. The highest BCUT2D eigenvalue weighted by atomic mass is 16.6. The smallest absolute Gasteiger partial charge is 0.336 e. The fraction of sp³-hybridized carbons (Fsp3) is 0.167. The van der Waals surface area contributed by atoms with Crippen LogP contribution < -0.4 is 14.2 Å². The number of ether oxygens (including phenoxy) is 3. The lowest BCUT2D eigenvalue weighted by Gasteiger charge is -2.14. The lowest BCUT2D eigenvalue weighted by Crippen LogP contribution is -2.03. The normalized spacial score (nSPS) is 11.0. The van der Waals surface area contributed by atoms with Gasteiger partial charge in [-0.25, -0.2) is 4.79 Å². The average molecular weight is 359 g/mol. The summed E-state index contributed by atoms with van der Waals surface area (Å²) in [5.41, 5.74) is 0.0750. The summed E-state index contributed by atoms with van der Waals surface area (Å²) in [5, 5.41) is 20.8. The highest BCUT2D eigenvalue weighted by Gasteiger charge is 2.20. The van der Waals surface area contributed by atoms with Gasteiger partial charge >= 0.3 is 5.97 Å². The molecule has 0 saturated carbocycles. The van der Waals surface area contributed by atoms with Crippen LogP contribution in [0.2, 0.25) is 0 Å². The van der Waals surface area contributed by atoms with Crippen molar-refractivity contribution in [1.29, 1.82) is 0 Å². The Hall–Kier alpha value is -3.55. The van der Waals surface area contributed by atoms with Gasteiger partial charge in [0.1, 0.15) is 0 Å². The van der Waals surface area contributed by atoms with Crippen LogP contribution in [0.1, 0.15) is 11.1 Å². The summed E-state index contributed by atoms with van der Waals surface area (Å²) >= 11 is 0. The van der Waals surface area contributed by atoms with E-state index < -0.39 is 10.9 Å². The van der Waals surface area contributed by atoms with E-state index in [0.29, 0.717) is 5.75 Å². The average Bonchev–Trinajstić information content (AvgIpc) is 2.64. The molecule has 0 aromatic heterocycles. The largest absolute Gasteiger partial charge is 0.493 e. The zero-order valence-electron chi connectivity index (χ0n) is 14.4. The Balaban J connectivity index is 2.69. The van der Waals surface area contributed by atoms with Crippen molar-refractivity contribution < 1.29 is 29.0 Å². The van der Waals surface area contributed by atoms with Crippen molar-refractivity contribution in [2.24, 2.45) is 0 Å². The SMILES string of the molecule is COc1cc(/C(=C\c2ccccc2[N+](=O)[O-])C(=O)O)cc(OC)c1OC. The molecule has 136 valence electrons. The molecule has 8 heteroatoms. The number of hydrogen-bond acceptors (Lipinski definition) is 6. The molecule has 0 fully saturated rings. The van der Waals surface area contributed by atoms with E-state index in [1.165, 1.54) is 57.7 Å². The van der Waals surface area contributed by atoms with Gasteiger partial charge in [-0.1, -0.05) is 12.1 Å². The van der Waals surface area contributed by atoms with Crippen molar-refractivity contribution >= 4 is 23.3 Å². The topological polar surface area (TPSA) is 108 Å². The summed E-state index contributed by atoms with van der Waals surface area (Å²) in [6.07, 6.45) is 1.24. The maximum Gasteiger partial charge on any atom is 0.336 e. The molecule has 0 heterocycles. The first kappa shape index (κ1) is 18.8. The fourth-order valence-electron chi connectivity index (χ4n) is 2.44. The number of carboxylic acids is 1. The van der Waals surface area contributed by atoms with Gasteiger partial charge in [-0.05, 0) is 29.8 Å². The molecule has 8 nitrogen and oxygen atoms in total. The van der Waals surface area contributed by atoms with Crippen molar-refractivity contribution in [3.63, 3.8) is 0 Å². The number of hydrogen-bond donors (Lipinski definition) is 1. The van der Waals surface area contributed by atoms with Gasteiger partial charge in [0.25, 0.3) is 5.69 Å². The monoisotopic (exact) mass is 359 g/mol. The molecule has 0 radical (unpaired) electrons. The van der Waals surface area contributed by atoms with E-state index in [9.17, 15) is 20.0 Å². The molecule has 2 aromatic carbocycles. The van der Waals surface area contributed by atoms with Crippen LogP contribution in [-0.2, 0) is 4.79 Å². The van der Waals surface area contributed by atoms with Crippen LogP contribution in [0.5, 0.6) is 17.2 Å². The van der Waals surface area contributed by atoms with Crippen molar-refractivity contribution in [1.82, 2.24) is 0 Å². The minimum Gasteiger partial charge on any atom is -0.493 e. The fourth-order valence-corrected chi connectivity index (χ4v) is 2.44. The molecule has 0 bridgehead atoms. The number of carboxylic acid groups (broad SMARTS) is 1. The molecule has 0 saturated heterocycles. The van der Waals surface area contributed by atoms with E-state index in [-0.39, 0.29) is 33.9 Å². The van der Waals surface area contributed by atoms with Crippen LogP contribution in [0.15, 0.2) is 36.4 Å². The molecule has 0 unspecified atom stereocenters. The molecule has 2 aromatic rings. The number of nitro benzene ring substituents is 1. The summed E-state index contributed by atoms with van der Waals surface area (Å²) in [5.74, 6) is -0.389. The minimum absolute atomic E-state index is 0.154. The minimum atomic E-state index is -1.25. The van der Waals surface area contributed by atoms with Gasteiger partial charge in [0.2, 0.25) is 5.75 Å². The Labute approximate surface area is 149 Å². The lowest BCUT2D eigenvalue weighted by atomic mass is 10.0. The molecule has 0 aliphatic rings. The molecule has 0 amide bonds. The number of nitrogens with zero attached hydrogens (tertiary/aromatic N) is 1. The third-order valence-corrected chi connectivity index (χ3v) is 3.64. The van der Waals surface area contributed by atoms with Gasteiger partial charge in [0.05, 0.1) is 37.4 Å². The van der Waals surface area contributed by atoms with Crippen molar-refractivity contribution in [2.45, 2.75) is 0 Å². The predicted molar refractivity (Wildman–Crippen MR) is 94.7 cm³/mol. The second-order valence-corrected chi connectivity index (χ2v) is 5.09. The van der Waals surface area contributed by atoms with Gasteiger partial charge in [-0.15, -0.1) is 0 Å². The molecular weight excluding hydrogens is 342 g/mol. The van der Waals surface area contributed by atoms with Crippen LogP contribution in [0.3, 0.4) is 0 Å². The van der Waals surface area contributed by atoms with Crippen LogP contribution in [-0.4, -0.2) is 37.3 Å². The van der Waals surface area contributed by atoms with E-state index in [4.69, 9.17) is 14.2 Å². The zero-order chi connectivity index (χ0) is 19.3. The van der Waals surface area contributed by atoms with Crippen molar-refractivity contribution in [3.05, 3.63) is 57.6 Å². The third-order valence-electron chi connectivity index (χ3n) is 3.64. The molecule has 1 N–H and O–H groups in total. The molecule has 2 rings (SSSR count). The number of para-hydroxylation sites is 1. The Morgan fingerprint density at radius 1 is 1.08 bits per heavy atom. The van der Waals surface area contributed by atoms with Crippen LogP contribution in [0.25, 0.3) is 11.6 Å². The van der Waals surface area contributed by atoms with E-state index in [1.54, 1.807) is 6.07 Å². The second kappa shape index (κ2) is 8.02. The number of rotatable bonds is 7. The summed E-state index contributed by atoms with van der Waals surface area (Å²) in [6.45, 7) is 0. The molecule has 0 aliphatic carbocycles. The lowest BCUT2D eigenvalue weighted by molar-refractivity contribution is -0.385. The van der Waals surface area contributed by atoms with Crippen LogP contribution >= 0.6 is 0 Å². The van der Waals surface area contributed by atoms with E-state index in [2.05, 4.69) is 0 Å². The van der Waals surface area contributed by atoms with Crippen molar-refractivity contribution in [2.75, 3.05) is 21.3 Å². The Bertz CT molecular complexity index is 849. The molecule has 0 spiro atoms. The summed E-state index contributed by atoms with van der Waals surface area (Å²) in [7, 11) is 4.25. The third kappa shape index (κ3) is 3.75. The first-order valence-electron chi connectivity index (χ1n) is 7.41. The Morgan fingerprint density at radius 3 is 2.12 bits per heavy atom. The Morgan fingerprint density at radius 2 is 1.65 bits per heavy atom. The standard InChI is InChI=1S/C18H17NO7/c1-24-15-9-12(10-16(25-2)17(15)26-3)13(18(20)21)8-11-6-4-5-7-14(11)19(22)23/h4-10H,1-3H3,(H,20,21)/b13-8+. The van der Waals surface area contributed by atoms with E-state index in [1.807, 2.05) is 0 Å². The number of benzene rings is 2. The van der Waals surface area contributed by atoms with Gasteiger partial charge in [0.15, 0.2) is 11.5 Å².